The molecule has 0 unspecified atom stereocenters. The van der Waals surface area contributed by atoms with Crippen LogP contribution in [0.2, 0.25) is 0 Å². The van der Waals surface area contributed by atoms with Crippen molar-refractivity contribution in [3.63, 3.8) is 0 Å². The minimum atomic E-state index is -0.185. The van der Waals surface area contributed by atoms with Crippen LogP contribution < -0.4 is 10.6 Å². The number of carbonyl (C=O) groups is 1. The van der Waals surface area contributed by atoms with E-state index in [4.69, 9.17) is 0 Å². The van der Waals surface area contributed by atoms with Crippen molar-refractivity contribution in [2.45, 2.75) is 26.3 Å². The number of amides is 2. The van der Waals surface area contributed by atoms with Gasteiger partial charge in [0.2, 0.25) is 0 Å². The third kappa shape index (κ3) is 4.12. The van der Waals surface area contributed by atoms with E-state index in [9.17, 15) is 4.79 Å². The van der Waals surface area contributed by atoms with Crippen molar-refractivity contribution in [2.24, 2.45) is 0 Å². The Morgan fingerprint density at radius 3 is 2.50 bits per heavy atom. The average molecular weight is 268 g/mol. The van der Waals surface area contributed by atoms with Crippen LogP contribution in [0.5, 0.6) is 0 Å². The summed E-state index contributed by atoms with van der Waals surface area (Å²) in [5.41, 5.74) is 3.12. The number of carbonyl (C=O) groups excluding carboxylic acids is 1. The topological polar surface area (TPSA) is 41.1 Å². The predicted molar refractivity (Wildman–Crippen MR) is 82.8 cm³/mol. The summed E-state index contributed by atoms with van der Waals surface area (Å²) in [6.45, 7) is 4.79. The van der Waals surface area contributed by atoms with E-state index in [0.717, 1.165) is 11.3 Å². The Labute approximate surface area is 120 Å². The van der Waals surface area contributed by atoms with E-state index in [2.05, 4.69) is 30.5 Å². The van der Waals surface area contributed by atoms with Gasteiger partial charge in [-0.15, -0.1) is 0 Å². The zero-order chi connectivity index (χ0) is 14.4. The van der Waals surface area contributed by atoms with Crippen molar-refractivity contribution in [1.82, 2.24) is 5.32 Å². The Kier molecular flexibility index (Phi) is 4.77. The fourth-order valence-electron chi connectivity index (χ4n) is 1.93. The molecule has 3 nitrogen and oxygen atoms in total. The Morgan fingerprint density at radius 1 is 1.05 bits per heavy atom. The van der Waals surface area contributed by atoms with Crippen LogP contribution in [-0.2, 0) is 6.54 Å². The highest BCUT2D eigenvalue weighted by Gasteiger charge is 2.04. The lowest BCUT2D eigenvalue weighted by Crippen LogP contribution is -2.28. The molecule has 0 aliphatic heterocycles. The van der Waals surface area contributed by atoms with Crippen molar-refractivity contribution in [1.29, 1.82) is 0 Å². The van der Waals surface area contributed by atoms with Crippen molar-refractivity contribution in [3.8, 4) is 0 Å². The number of hydrogen-bond acceptors (Lipinski definition) is 1. The summed E-state index contributed by atoms with van der Waals surface area (Å²) in [4.78, 5) is 11.8. The number of nitrogens with one attached hydrogen (secondary N) is 2. The highest BCUT2D eigenvalue weighted by molar-refractivity contribution is 5.89. The van der Waals surface area contributed by atoms with Crippen LogP contribution in [0, 0.1) is 0 Å². The van der Waals surface area contributed by atoms with Crippen LogP contribution in [0.4, 0.5) is 10.5 Å². The molecular weight excluding hydrogens is 248 g/mol. The van der Waals surface area contributed by atoms with Gasteiger partial charge >= 0.3 is 6.03 Å². The van der Waals surface area contributed by atoms with Crippen LogP contribution in [0.1, 0.15) is 30.9 Å². The van der Waals surface area contributed by atoms with E-state index in [1.54, 1.807) is 0 Å². The van der Waals surface area contributed by atoms with E-state index in [1.165, 1.54) is 5.56 Å². The molecule has 0 aliphatic carbocycles. The van der Waals surface area contributed by atoms with Gasteiger partial charge in [0.05, 0.1) is 0 Å². The molecule has 104 valence electrons. The highest BCUT2D eigenvalue weighted by atomic mass is 16.2. The van der Waals surface area contributed by atoms with Crippen molar-refractivity contribution in [2.75, 3.05) is 5.32 Å². The molecule has 0 atom stereocenters. The zero-order valence-corrected chi connectivity index (χ0v) is 11.9. The molecular formula is C17H20N2O. The van der Waals surface area contributed by atoms with Crippen LogP contribution >= 0.6 is 0 Å². The van der Waals surface area contributed by atoms with Gasteiger partial charge in [-0.2, -0.15) is 0 Å². The summed E-state index contributed by atoms with van der Waals surface area (Å²) < 4.78 is 0. The first-order valence-electron chi connectivity index (χ1n) is 6.84. The summed E-state index contributed by atoms with van der Waals surface area (Å²) in [6.07, 6.45) is 0. The van der Waals surface area contributed by atoms with Crippen LogP contribution in [0.25, 0.3) is 0 Å². The first kappa shape index (κ1) is 14.1. The molecule has 2 rings (SSSR count). The van der Waals surface area contributed by atoms with Gasteiger partial charge in [0.25, 0.3) is 0 Å². The second kappa shape index (κ2) is 6.75. The number of hydrogen-bond donors (Lipinski definition) is 2. The SMILES string of the molecule is CC(C)c1cccc(NC(=O)NCc2ccccc2)c1. The molecule has 20 heavy (non-hydrogen) atoms. The summed E-state index contributed by atoms with van der Waals surface area (Å²) in [5, 5.41) is 5.70. The maximum atomic E-state index is 11.8. The quantitative estimate of drug-likeness (QED) is 0.860. The molecule has 0 saturated heterocycles. The summed E-state index contributed by atoms with van der Waals surface area (Å²) >= 11 is 0. The number of urea groups is 1. The fourth-order valence-corrected chi connectivity index (χ4v) is 1.93. The van der Waals surface area contributed by atoms with Gasteiger partial charge in [-0.1, -0.05) is 56.3 Å². The van der Waals surface area contributed by atoms with Gasteiger partial charge in [-0.3, -0.25) is 0 Å². The second-order valence-electron chi connectivity index (χ2n) is 5.07. The normalized spacial score (nSPS) is 10.3. The van der Waals surface area contributed by atoms with E-state index >= 15 is 0 Å². The molecule has 0 heterocycles. The maximum Gasteiger partial charge on any atom is 0.319 e. The molecule has 2 N–H and O–H groups in total. The first-order chi connectivity index (χ1) is 9.65. The number of anilines is 1. The summed E-state index contributed by atoms with van der Waals surface area (Å²) in [7, 11) is 0. The Hall–Kier alpha value is -2.29. The van der Waals surface area contributed by atoms with Gasteiger partial charge in [0.15, 0.2) is 0 Å². The molecule has 0 saturated carbocycles. The summed E-state index contributed by atoms with van der Waals surface area (Å²) in [5.74, 6) is 0.448. The van der Waals surface area contributed by atoms with Crippen molar-refractivity contribution >= 4 is 11.7 Å². The highest BCUT2D eigenvalue weighted by Crippen LogP contribution is 2.18. The molecule has 0 radical (unpaired) electrons. The monoisotopic (exact) mass is 268 g/mol. The van der Waals surface area contributed by atoms with Gasteiger partial charge in [0, 0.05) is 12.2 Å². The number of benzene rings is 2. The van der Waals surface area contributed by atoms with Crippen LogP contribution in [-0.4, -0.2) is 6.03 Å². The van der Waals surface area contributed by atoms with E-state index in [1.807, 2.05) is 48.5 Å². The lowest BCUT2D eigenvalue weighted by molar-refractivity contribution is 0.251. The van der Waals surface area contributed by atoms with E-state index < -0.39 is 0 Å². The minimum absolute atomic E-state index is 0.185. The fraction of sp³-hybridized carbons (Fsp3) is 0.235. The van der Waals surface area contributed by atoms with Crippen LogP contribution in [0.3, 0.4) is 0 Å². The lowest BCUT2D eigenvalue weighted by atomic mass is 10.0. The Balaban J connectivity index is 1.90. The van der Waals surface area contributed by atoms with E-state index in [-0.39, 0.29) is 6.03 Å². The first-order valence-corrected chi connectivity index (χ1v) is 6.84. The Morgan fingerprint density at radius 2 is 1.80 bits per heavy atom. The molecule has 0 aromatic heterocycles. The number of rotatable bonds is 4. The molecule has 0 aliphatic rings. The largest absolute Gasteiger partial charge is 0.334 e. The molecule has 2 amide bonds. The van der Waals surface area contributed by atoms with Gasteiger partial charge in [-0.05, 0) is 29.2 Å². The molecule has 2 aromatic rings. The molecule has 0 bridgehead atoms. The van der Waals surface area contributed by atoms with Crippen molar-refractivity contribution in [3.05, 3.63) is 65.7 Å². The average Bonchev–Trinajstić information content (AvgIpc) is 2.46. The smallest absolute Gasteiger partial charge is 0.319 e. The van der Waals surface area contributed by atoms with Gasteiger partial charge in [0.1, 0.15) is 0 Å². The predicted octanol–water partition coefficient (Wildman–Crippen LogP) is 4.13. The molecule has 2 aromatic carbocycles. The summed E-state index contributed by atoms with van der Waals surface area (Å²) in [6, 6.07) is 17.6. The third-order valence-corrected chi connectivity index (χ3v) is 3.11. The standard InChI is InChI=1S/C17H20N2O/c1-13(2)15-9-6-10-16(11-15)19-17(20)18-12-14-7-4-3-5-8-14/h3-11,13H,12H2,1-2H3,(H2,18,19,20). The lowest BCUT2D eigenvalue weighted by Gasteiger charge is -2.10. The molecule has 0 spiro atoms. The minimum Gasteiger partial charge on any atom is -0.334 e. The molecule has 3 heteroatoms. The maximum absolute atomic E-state index is 11.8. The third-order valence-electron chi connectivity index (χ3n) is 3.11. The second-order valence-corrected chi connectivity index (χ2v) is 5.07. The van der Waals surface area contributed by atoms with Gasteiger partial charge < -0.3 is 10.6 Å². The van der Waals surface area contributed by atoms with Gasteiger partial charge in [-0.25, -0.2) is 4.79 Å². The molecule has 0 fully saturated rings. The van der Waals surface area contributed by atoms with Crippen molar-refractivity contribution < 1.29 is 4.79 Å². The zero-order valence-electron chi connectivity index (χ0n) is 11.9. The van der Waals surface area contributed by atoms with E-state index in [0.29, 0.717) is 12.5 Å². The van der Waals surface area contributed by atoms with Crippen LogP contribution in [0.15, 0.2) is 54.6 Å². The Bertz CT molecular complexity index is 564.